The minimum atomic E-state index is -0.382. The molecular formula is C18H23BO3S. The number of rotatable bonds is 5. The molecule has 1 aliphatic heterocycles. The third kappa shape index (κ3) is 4.16. The predicted molar refractivity (Wildman–Crippen MR) is 99.5 cm³/mol. The lowest BCUT2D eigenvalue weighted by atomic mass is 9.78. The Hall–Kier alpha value is -1.30. The van der Waals surface area contributed by atoms with Crippen LogP contribution in [0, 0.1) is 0 Å². The van der Waals surface area contributed by atoms with Crippen LogP contribution in [0.25, 0.3) is 12.2 Å². The molecule has 0 unspecified atom stereocenters. The highest BCUT2D eigenvalue weighted by atomic mass is 32.1. The third-order valence-electron chi connectivity index (χ3n) is 4.39. The Kier molecular flexibility index (Phi) is 5.55. The van der Waals surface area contributed by atoms with Crippen LogP contribution in [0.5, 0.6) is 0 Å². The summed E-state index contributed by atoms with van der Waals surface area (Å²) in [4.78, 5) is 10.3. The van der Waals surface area contributed by atoms with Crippen molar-refractivity contribution in [2.75, 3.05) is 5.75 Å². The van der Waals surface area contributed by atoms with Gasteiger partial charge < -0.3 is 9.31 Å². The van der Waals surface area contributed by atoms with E-state index in [9.17, 15) is 4.79 Å². The van der Waals surface area contributed by atoms with E-state index in [0.717, 1.165) is 22.9 Å². The molecule has 122 valence electrons. The standard InChI is InChI=1S/C18H23BO3S/c1-17(2)18(3,4)22-19(21-17)16(13-23)12-15-9-7-14(8-10-15)6-5-11-20/h5-12,23H,13H2,1-4H3/b6-5+,16-12?. The predicted octanol–water partition coefficient (Wildman–Crippen LogP) is 3.84. The smallest absolute Gasteiger partial charge is 0.400 e. The Morgan fingerprint density at radius 1 is 1.09 bits per heavy atom. The Balaban J connectivity index is 2.19. The highest BCUT2D eigenvalue weighted by Gasteiger charge is 2.52. The lowest BCUT2D eigenvalue weighted by Gasteiger charge is -2.32. The first-order valence-electron chi connectivity index (χ1n) is 7.68. The largest absolute Gasteiger partial charge is 0.491 e. The molecule has 1 heterocycles. The van der Waals surface area contributed by atoms with Gasteiger partial charge in [0.05, 0.1) is 11.2 Å². The molecule has 0 N–H and O–H groups in total. The van der Waals surface area contributed by atoms with Crippen LogP contribution >= 0.6 is 12.6 Å². The van der Waals surface area contributed by atoms with Crippen LogP contribution < -0.4 is 0 Å². The molecule has 1 saturated heterocycles. The lowest BCUT2D eigenvalue weighted by Crippen LogP contribution is -2.41. The van der Waals surface area contributed by atoms with Crippen LogP contribution in [0.15, 0.2) is 35.8 Å². The van der Waals surface area contributed by atoms with E-state index in [4.69, 9.17) is 9.31 Å². The average Bonchev–Trinajstić information content (AvgIpc) is 2.72. The molecule has 5 heteroatoms. The summed E-state index contributed by atoms with van der Waals surface area (Å²) < 4.78 is 12.2. The second-order valence-corrected chi connectivity index (χ2v) is 6.94. The fourth-order valence-electron chi connectivity index (χ4n) is 2.25. The Morgan fingerprint density at radius 3 is 2.09 bits per heavy atom. The quantitative estimate of drug-likeness (QED) is 0.386. The number of hydrogen-bond donors (Lipinski definition) is 1. The molecule has 0 bridgehead atoms. The maximum Gasteiger partial charge on any atom is 0.491 e. The number of carbonyl (C=O) groups is 1. The van der Waals surface area contributed by atoms with E-state index >= 15 is 0 Å². The summed E-state index contributed by atoms with van der Waals surface area (Å²) >= 11 is 4.42. The Morgan fingerprint density at radius 2 is 1.61 bits per heavy atom. The number of aldehydes is 1. The van der Waals surface area contributed by atoms with E-state index in [1.165, 1.54) is 6.08 Å². The van der Waals surface area contributed by atoms with Gasteiger partial charge in [-0.3, -0.25) is 4.79 Å². The molecule has 3 nitrogen and oxygen atoms in total. The van der Waals surface area contributed by atoms with Crippen molar-refractivity contribution in [3.63, 3.8) is 0 Å². The summed E-state index contributed by atoms with van der Waals surface area (Å²) in [5.74, 6) is 0.559. The maximum absolute atomic E-state index is 10.3. The fraction of sp³-hybridized carbons (Fsp3) is 0.389. The van der Waals surface area contributed by atoms with Gasteiger partial charge in [0.2, 0.25) is 0 Å². The molecule has 1 aromatic rings. The van der Waals surface area contributed by atoms with E-state index < -0.39 is 0 Å². The van der Waals surface area contributed by atoms with Crippen LogP contribution in [0.1, 0.15) is 38.8 Å². The van der Waals surface area contributed by atoms with Gasteiger partial charge in [0, 0.05) is 5.75 Å². The van der Waals surface area contributed by atoms with Crippen molar-refractivity contribution < 1.29 is 14.1 Å². The van der Waals surface area contributed by atoms with Crippen molar-refractivity contribution in [3.8, 4) is 0 Å². The van der Waals surface area contributed by atoms with E-state index in [2.05, 4.69) is 12.6 Å². The summed E-state index contributed by atoms with van der Waals surface area (Å²) in [7, 11) is -0.382. The van der Waals surface area contributed by atoms with Gasteiger partial charge in [-0.25, -0.2) is 0 Å². The zero-order valence-electron chi connectivity index (χ0n) is 14.1. The normalized spacial score (nSPS) is 20.2. The van der Waals surface area contributed by atoms with Gasteiger partial charge in [-0.1, -0.05) is 36.4 Å². The number of allylic oxidation sites excluding steroid dienone is 1. The van der Waals surface area contributed by atoms with Crippen molar-refractivity contribution >= 4 is 38.2 Å². The Bertz CT molecular complexity index is 602. The van der Waals surface area contributed by atoms with E-state index in [1.54, 1.807) is 6.08 Å². The highest BCUT2D eigenvalue weighted by molar-refractivity contribution is 7.80. The maximum atomic E-state index is 10.3. The van der Waals surface area contributed by atoms with Gasteiger partial charge in [-0.05, 0) is 50.4 Å². The summed E-state index contributed by atoms with van der Waals surface area (Å²) in [6.45, 7) is 8.16. The van der Waals surface area contributed by atoms with E-state index in [0.29, 0.717) is 5.75 Å². The first-order chi connectivity index (χ1) is 10.8. The van der Waals surface area contributed by atoms with Gasteiger partial charge >= 0.3 is 7.12 Å². The summed E-state index contributed by atoms with van der Waals surface area (Å²) in [5, 5.41) is 0. The highest BCUT2D eigenvalue weighted by Crippen LogP contribution is 2.39. The lowest BCUT2D eigenvalue weighted by molar-refractivity contribution is -0.104. The summed E-state index contributed by atoms with van der Waals surface area (Å²) in [5.41, 5.74) is 2.30. The molecule has 1 aromatic carbocycles. The second kappa shape index (κ2) is 7.08. The number of thiol groups is 1. The van der Waals surface area contributed by atoms with Crippen LogP contribution in [0.3, 0.4) is 0 Å². The fourth-order valence-corrected chi connectivity index (χ4v) is 2.49. The van der Waals surface area contributed by atoms with Crippen molar-refractivity contribution in [1.29, 1.82) is 0 Å². The minimum absolute atomic E-state index is 0.358. The van der Waals surface area contributed by atoms with Gasteiger partial charge in [-0.2, -0.15) is 12.6 Å². The van der Waals surface area contributed by atoms with Gasteiger partial charge in [0.15, 0.2) is 0 Å². The van der Waals surface area contributed by atoms with Gasteiger partial charge in [0.25, 0.3) is 0 Å². The van der Waals surface area contributed by atoms with Crippen LogP contribution in [-0.4, -0.2) is 30.4 Å². The molecule has 0 aliphatic carbocycles. The molecule has 0 spiro atoms. The molecule has 1 fully saturated rings. The number of benzene rings is 1. The first-order valence-corrected chi connectivity index (χ1v) is 8.31. The monoisotopic (exact) mass is 330 g/mol. The Labute approximate surface area is 144 Å². The second-order valence-electron chi connectivity index (χ2n) is 6.63. The van der Waals surface area contributed by atoms with Crippen LogP contribution in [0.2, 0.25) is 0 Å². The molecule has 1 aliphatic rings. The van der Waals surface area contributed by atoms with Gasteiger partial charge in [-0.15, -0.1) is 0 Å². The SMILES string of the molecule is CC1(C)OB(C(=Cc2ccc(/C=C/C=O)cc2)CS)OC1(C)C. The summed E-state index contributed by atoms with van der Waals surface area (Å²) in [6, 6.07) is 7.93. The van der Waals surface area contributed by atoms with Crippen molar-refractivity contribution in [2.45, 2.75) is 38.9 Å². The van der Waals surface area contributed by atoms with E-state index in [-0.39, 0.29) is 18.3 Å². The van der Waals surface area contributed by atoms with Crippen LogP contribution in [-0.2, 0) is 14.1 Å². The zero-order chi connectivity index (χ0) is 17.1. The molecular weight excluding hydrogens is 307 g/mol. The third-order valence-corrected chi connectivity index (χ3v) is 4.76. The first kappa shape index (κ1) is 18.0. The molecule has 0 aromatic heterocycles. The van der Waals surface area contributed by atoms with Crippen molar-refractivity contribution in [2.24, 2.45) is 0 Å². The summed E-state index contributed by atoms with van der Waals surface area (Å²) in [6.07, 6.45) is 6.07. The zero-order valence-corrected chi connectivity index (χ0v) is 15.0. The molecule has 2 rings (SSSR count). The number of carbonyl (C=O) groups excluding carboxylic acids is 1. The molecule has 0 saturated carbocycles. The molecule has 23 heavy (non-hydrogen) atoms. The minimum Gasteiger partial charge on any atom is -0.400 e. The van der Waals surface area contributed by atoms with Gasteiger partial charge in [0.1, 0.15) is 6.29 Å². The van der Waals surface area contributed by atoms with Crippen molar-refractivity contribution in [3.05, 3.63) is 46.9 Å². The molecule has 0 atom stereocenters. The van der Waals surface area contributed by atoms with Crippen LogP contribution in [0.4, 0.5) is 0 Å². The number of hydrogen-bond acceptors (Lipinski definition) is 4. The van der Waals surface area contributed by atoms with Crippen molar-refractivity contribution in [1.82, 2.24) is 0 Å². The van der Waals surface area contributed by atoms with E-state index in [1.807, 2.05) is 58.0 Å². The topological polar surface area (TPSA) is 35.5 Å². The average molecular weight is 330 g/mol. The molecule has 0 amide bonds. The molecule has 0 radical (unpaired) electrons.